The second kappa shape index (κ2) is 4.67. The van der Waals surface area contributed by atoms with Crippen LogP contribution in [0.3, 0.4) is 0 Å². The molecule has 1 saturated carbocycles. The van der Waals surface area contributed by atoms with Gasteiger partial charge in [0.05, 0.1) is 20.9 Å². The van der Waals surface area contributed by atoms with E-state index in [1.165, 1.54) is 25.0 Å². The normalized spacial score (nSPS) is 16.6. The Balaban J connectivity index is 2.23. The van der Waals surface area contributed by atoms with Crippen LogP contribution in [0.25, 0.3) is 10.9 Å². The Bertz CT molecular complexity index is 606. The molecule has 3 rings (SSSR count). The molecule has 4 heteroatoms. The number of pyridine rings is 1. The molecule has 1 aliphatic carbocycles. The van der Waals surface area contributed by atoms with Crippen molar-refractivity contribution in [3.63, 3.8) is 0 Å². The van der Waals surface area contributed by atoms with E-state index < -0.39 is 0 Å². The van der Waals surface area contributed by atoms with Crippen molar-refractivity contribution >= 4 is 34.1 Å². The van der Waals surface area contributed by atoms with Gasteiger partial charge in [-0.25, -0.2) is 4.39 Å². The highest BCUT2D eigenvalue weighted by Gasteiger charge is 2.21. The van der Waals surface area contributed by atoms with E-state index in [0.717, 1.165) is 18.5 Å². The van der Waals surface area contributed by atoms with Crippen molar-refractivity contribution in [2.45, 2.75) is 31.6 Å². The van der Waals surface area contributed by atoms with Gasteiger partial charge in [0.15, 0.2) is 0 Å². The Morgan fingerprint density at radius 3 is 2.56 bits per heavy atom. The van der Waals surface area contributed by atoms with Crippen LogP contribution in [0.15, 0.2) is 18.2 Å². The molecule has 2 aromatic rings. The van der Waals surface area contributed by atoms with E-state index >= 15 is 0 Å². The van der Waals surface area contributed by atoms with E-state index in [4.69, 9.17) is 23.2 Å². The van der Waals surface area contributed by atoms with Crippen LogP contribution in [0.4, 0.5) is 4.39 Å². The molecular weight excluding hydrogens is 272 g/mol. The van der Waals surface area contributed by atoms with Gasteiger partial charge in [-0.15, -0.1) is 0 Å². The van der Waals surface area contributed by atoms with Gasteiger partial charge in [0.25, 0.3) is 0 Å². The highest BCUT2D eigenvalue weighted by molar-refractivity contribution is 6.39. The summed E-state index contributed by atoms with van der Waals surface area (Å²) in [5, 5.41) is 1.18. The summed E-state index contributed by atoms with van der Waals surface area (Å²) in [6, 6.07) is 4.65. The van der Waals surface area contributed by atoms with Crippen LogP contribution in [-0.4, -0.2) is 4.98 Å². The van der Waals surface area contributed by atoms with Gasteiger partial charge < -0.3 is 0 Å². The Morgan fingerprint density at radius 1 is 1.11 bits per heavy atom. The monoisotopic (exact) mass is 283 g/mol. The smallest absolute Gasteiger partial charge is 0.134 e. The minimum atomic E-state index is -0.370. The van der Waals surface area contributed by atoms with Gasteiger partial charge in [0.1, 0.15) is 5.82 Å². The number of aromatic nitrogens is 1. The van der Waals surface area contributed by atoms with Gasteiger partial charge in [-0.1, -0.05) is 36.0 Å². The van der Waals surface area contributed by atoms with Crippen LogP contribution in [0.2, 0.25) is 10.0 Å². The quantitative estimate of drug-likeness (QED) is 0.689. The summed E-state index contributed by atoms with van der Waals surface area (Å²) in [6.45, 7) is 0. The summed E-state index contributed by atoms with van der Waals surface area (Å²) in [5.74, 6) is 0.0658. The van der Waals surface area contributed by atoms with E-state index in [9.17, 15) is 4.39 Å². The number of nitrogens with zero attached hydrogens (tertiary/aromatic N) is 1. The van der Waals surface area contributed by atoms with Crippen molar-refractivity contribution in [2.75, 3.05) is 0 Å². The topological polar surface area (TPSA) is 12.9 Å². The molecule has 1 heterocycles. The van der Waals surface area contributed by atoms with Crippen molar-refractivity contribution in [2.24, 2.45) is 0 Å². The van der Waals surface area contributed by atoms with Crippen LogP contribution in [0, 0.1) is 5.82 Å². The summed E-state index contributed by atoms with van der Waals surface area (Å²) >= 11 is 12.3. The first-order valence-corrected chi connectivity index (χ1v) is 6.86. The second-order valence-corrected chi connectivity index (χ2v) is 5.58. The largest absolute Gasteiger partial charge is 0.251 e. The predicted molar refractivity (Wildman–Crippen MR) is 72.9 cm³/mol. The molecule has 94 valence electrons. The van der Waals surface area contributed by atoms with Crippen molar-refractivity contribution < 1.29 is 4.39 Å². The molecule has 0 unspecified atom stereocenters. The Labute approximate surface area is 115 Å². The lowest BCUT2D eigenvalue weighted by molar-refractivity contribution is 0.639. The molecule has 1 fully saturated rings. The van der Waals surface area contributed by atoms with E-state index in [-0.39, 0.29) is 5.82 Å². The van der Waals surface area contributed by atoms with E-state index in [0.29, 0.717) is 26.9 Å². The molecule has 0 amide bonds. The highest BCUT2D eigenvalue weighted by atomic mass is 35.5. The van der Waals surface area contributed by atoms with E-state index in [2.05, 4.69) is 4.98 Å². The number of hydrogen-bond donors (Lipinski definition) is 0. The Kier molecular flexibility index (Phi) is 3.16. The van der Waals surface area contributed by atoms with Crippen LogP contribution in [0.5, 0.6) is 0 Å². The Morgan fingerprint density at radius 2 is 1.83 bits per heavy atom. The van der Waals surface area contributed by atoms with Gasteiger partial charge in [0.2, 0.25) is 0 Å². The van der Waals surface area contributed by atoms with Gasteiger partial charge in [-0.2, -0.15) is 0 Å². The number of hydrogen-bond acceptors (Lipinski definition) is 1. The third kappa shape index (κ3) is 1.98. The van der Waals surface area contributed by atoms with E-state index in [1.54, 1.807) is 6.07 Å². The van der Waals surface area contributed by atoms with Gasteiger partial charge >= 0.3 is 0 Å². The van der Waals surface area contributed by atoms with Crippen LogP contribution >= 0.6 is 23.2 Å². The zero-order valence-electron chi connectivity index (χ0n) is 9.72. The lowest BCUT2D eigenvalue weighted by Crippen LogP contribution is -1.98. The fourth-order valence-corrected chi connectivity index (χ4v) is 3.16. The maximum Gasteiger partial charge on any atom is 0.134 e. The highest BCUT2D eigenvalue weighted by Crippen LogP contribution is 2.37. The standard InChI is InChI=1S/C14H12Cl2FN/c15-9-5-6-11(17)13-10(16)7-12(18-14(9)13)8-3-1-2-4-8/h5-8H,1-4H2. The van der Waals surface area contributed by atoms with Crippen molar-refractivity contribution in [1.29, 1.82) is 0 Å². The van der Waals surface area contributed by atoms with Gasteiger partial charge in [-0.05, 0) is 31.0 Å². The van der Waals surface area contributed by atoms with Crippen LogP contribution in [0.1, 0.15) is 37.3 Å². The lowest BCUT2D eigenvalue weighted by Gasteiger charge is -2.12. The average molecular weight is 284 g/mol. The molecule has 0 radical (unpaired) electrons. The number of halogens is 3. The summed E-state index contributed by atoms with van der Waals surface area (Å²) in [4.78, 5) is 4.52. The fraction of sp³-hybridized carbons (Fsp3) is 0.357. The molecule has 0 N–H and O–H groups in total. The first-order valence-electron chi connectivity index (χ1n) is 6.11. The predicted octanol–water partition coefficient (Wildman–Crippen LogP) is 5.34. The third-order valence-corrected chi connectivity index (χ3v) is 4.21. The van der Waals surface area contributed by atoms with Crippen LogP contribution in [-0.2, 0) is 0 Å². The first-order chi connectivity index (χ1) is 8.66. The molecule has 1 aromatic heterocycles. The van der Waals surface area contributed by atoms with Gasteiger partial charge in [-0.3, -0.25) is 4.98 Å². The summed E-state index contributed by atoms with van der Waals surface area (Å²) in [7, 11) is 0. The minimum absolute atomic E-state index is 0.325. The molecule has 1 aromatic carbocycles. The van der Waals surface area contributed by atoms with Gasteiger partial charge in [0, 0.05) is 11.6 Å². The van der Waals surface area contributed by atoms with Crippen molar-refractivity contribution in [1.82, 2.24) is 4.98 Å². The summed E-state index contributed by atoms with van der Waals surface area (Å²) < 4.78 is 13.8. The zero-order chi connectivity index (χ0) is 12.7. The SMILES string of the molecule is Fc1ccc(Cl)c2nc(C3CCCC3)cc(Cl)c12. The summed E-state index contributed by atoms with van der Waals surface area (Å²) in [6.07, 6.45) is 4.70. The van der Waals surface area contributed by atoms with Crippen molar-refractivity contribution in [3.05, 3.63) is 39.8 Å². The number of fused-ring (bicyclic) bond motifs is 1. The lowest BCUT2D eigenvalue weighted by atomic mass is 10.0. The fourth-order valence-electron chi connectivity index (χ4n) is 2.67. The third-order valence-electron chi connectivity index (χ3n) is 3.61. The average Bonchev–Trinajstić information content (AvgIpc) is 2.87. The molecule has 18 heavy (non-hydrogen) atoms. The first kappa shape index (κ1) is 12.2. The number of benzene rings is 1. The second-order valence-electron chi connectivity index (χ2n) is 4.76. The molecule has 0 aliphatic heterocycles. The maximum absolute atomic E-state index is 13.8. The van der Waals surface area contributed by atoms with E-state index in [1.807, 2.05) is 0 Å². The molecule has 1 nitrogen and oxygen atoms in total. The summed E-state index contributed by atoms with van der Waals surface area (Å²) in [5.41, 5.74) is 1.42. The molecular formula is C14H12Cl2FN. The van der Waals surface area contributed by atoms with Crippen LogP contribution < -0.4 is 0 Å². The molecule has 0 spiro atoms. The zero-order valence-corrected chi connectivity index (χ0v) is 11.2. The molecule has 0 bridgehead atoms. The maximum atomic E-state index is 13.8. The number of rotatable bonds is 1. The molecule has 0 saturated heterocycles. The minimum Gasteiger partial charge on any atom is -0.251 e. The Hall–Kier alpha value is -0.860. The molecule has 1 aliphatic rings. The van der Waals surface area contributed by atoms with Crippen molar-refractivity contribution in [3.8, 4) is 0 Å². The molecule has 0 atom stereocenters.